The molecular weight excluding hydrogens is 208 g/mol. The molecule has 0 aliphatic rings. The van der Waals surface area contributed by atoms with Gasteiger partial charge in [0, 0.05) is 24.7 Å². The Morgan fingerprint density at radius 1 is 1.33 bits per heavy atom. The van der Waals surface area contributed by atoms with Crippen molar-refractivity contribution >= 4 is 23.4 Å². The van der Waals surface area contributed by atoms with Gasteiger partial charge in [-0.15, -0.1) is 11.8 Å². The van der Waals surface area contributed by atoms with Crippen LogP contribution in [0.25, 0.3) is 0 Å². The van der Waals surface area contributed by atoms with E-state index in [1.807, 2.05) is 31.2 Å². The third kappa shape index (κ3) is 3.47. The van der Waals surface area contributed by atoms with Crippen molar-refractivity contribution in [3.8, 4) is 0 Å². The van der Waals surface area contributed by atoms with Crippen LogP contribution >= 0.6 is 11.8 Å². The van der Waals surface area contributed by atoms with Crippen molar-refractivity contribution in [1.29, 1.82) is 0 Å². The fraction of sp³-hybridized carbons (Fsp3) is 0.364. The largest absolute Gasteiger partial charge is 0.399 e. The average Bonchev–Trinajstić information content (AvgIpc) is 2.20. The number of hydrogen-bond donors (Lipinski definition) is 1. The van der Waals surface area contributed by atoms with E-state index in [4.69, 9.17) is 5.73 Å². The minimum atomic E-state index is -0.0661. The van der Waals surface area contributed by atoms with Gasteiger partial charge >= 0.3 is 0 Å². The van der Waals surface area contributed by atoms with Crippen LogP contribution in [-0.4, -0.2) is 30.2 Å². The molecule has 0 radical (unpaired) electrons. The smallest absolute Gasteiger partial charge is 0.235 e. The topological polar surface area (TPSA) is 46.3 Å². The zero-order valence-electron chi connectivity index (χ0n) is 9.23. The van der Waals surface area contributed by atoms with Crippen molar-refractivity contribution in [3.63, 3.8) is 0 Å². The Kier molecular flexibility index (Phi) is 4.03. The summed E-state index contributed by atoms with van der Waals surface area (Å²) in [6.07, 6.45) is 0. The number of anilines is 1. The van der Waals surface area contributed by atoms with E-state index in [0.29, 0.717) is 0 Å². The summed E-state index contributed by atoms with van der Waals surface area (Å²) in [5.41, 5.74) is 6.32. The molecular formula is C11H16N2OS. The summed E-state index contributed by atoms with van der Waals surface area (Å²) in [6.45, 7) is 1.91. The van der Waals surface area contributed by atoms with Crippen LogP contribution in [0.2, 0.25) is 0 Å². The Labute approximate surface area is 94.6 Å². The average molecular weight is 224 g/mol. The minimum Gasteiger partial charge on any atom is -0.399 e. The maximum absolute atomic E-state index is 11.6. The second-order valence-electron chi connectivity index (χ2n) is 3.56. The van der Waals surface area contributed by atoms with E-state index in [2.05, 4.69) is 0 Å². The summed E-state index contributed by atoms with van der Waals surface area (Å²) in [5.74, 6) is 0.122. The van der Waals surface area contributed by atoms with E-state index in [1.54, 1.807) is 30.8 Å². The molecule has 1 atom stereocenters. The molecule has 0 spiro atoms. The monoisotopic (exact) mass is 224 g/mol. The van der Waals surface area contributed by atoms with Crippen molar-refractivity contribution in [3.05, 3.63) is 24.3 Å². The van der Waals surface area contributed by atoms with Crippen molar-refractivity contribution in [2.75, 3.05) is 19.8 Å². The summed E-state index contributed by atoms with van der Waals surface area (Å²) in [6, 6.07) is 7.54. The molecule has 3 nitrogen and oxygen atoms in total. The standard InChI is InChI=1S/C11H16N2OS/c1-8(11(14)13(2)3)15-10-6-4-9(12)5-7-10/h4-8H,12H2,1-3H3. The molecule has 0 saturated heterocycles. The van der Waals surface area contributed by atoms with Gasteiger partial charge in [0.25, 0.3) is 0 Å². The maximum atomic E-state index is 11.6. The van der Waals surface area contributed by atoms with Crippen molar-refractivity contribution in [2.45, 2.75) is 17.1 Å². The molecule has 1 amide bonds. The van der Waals surface area contributed by atoms with Crippen LogP contribution in [0.3, 0.4) is 0 Å². The number of rotatable bonds is 3. The van der Waals surface area contributed by atoms with Crippen LogP contribution in [0.15, 0.2) is 29.2 Å². The molecule has 1 aromatic rings. The van der Waals surface area contributed by atoms with Gasteiger partial charge in [-0.1, -0.05) is 0 Å². The van der Waals surface area contributed by atoms with Crippen LogP contribution in [-0.2, 0) is 4.79 Å². The molecule has 1 rings (SSSR count). The first-order valence-electron chi connectivity index (χ1n) is 4.74. The number of benzene rings is 1. The highest BCUT2D eigenvalue weighted by Crippen LogP contribution is 2.24. The number of carbonyl (C=O) groups is 1. The summed E-state index contributed by atoms with van der Waals surface area (Å²) in [5, 5.41) is -0.0661. The van der Waals surface area contributed by atoms with Crippen molar-refractivity contribution in [1.82, 2.24) is 4.90 Å². The SMILES string of the molecule is CC(Sc1ccc(N)cc1)C(=O)N(C)C. The van der Waals surface area contributed by atoms with Crippen LogP contribution < -0.4 is 5.73 Å². The zero-order chi connectivity index (χ0) is 11.4. The summed E-state index contributed by atoms with van der Waals surface area (Å²) >= 11 is 1.54. The van der Waals surface area contributed by atoms with Gasteiger partial charge in [-0.2, -0.15) is 0 Å². The lowest BCUT2D eigenvalue weighted by Gasteiger charge is -2.16. The lowest BCUT2D eigenvalue weighted by Crippen LogP contribution is -2.29. The van der Waals surface area contributed by atoms with Gasteiger partial charge in [-0.05, 0) is 31.2 Å². The Hall–Kier alpha value is -1.16. The predicted molar refractivity (Wildman–Crippen MR) is 64.9 cm³/mol. The highest BCUT2D eigenvalue weighted by molar-refractivity contribution is 8.00. The third-order valence-electron chi connectivity index (χ3n) is 1.98. The normalized spacial score (nSPS) is 12.2. The van der Waals surface area contributed by atoms with E-state index in [1.165, 1.54) is 0 Å². The Morgan fingerprint density at radius 2 is 1.87 bits per heavy atom. The van der Waals surface area contributed by atoms with Crippen LogP contribution in [0.5, 0.6) is 0 Å². The molecule has 4 heteroatoms. The number of amides is 1. The highest BCUT2D eigenvalue weighted by atomic mass is 32.2. The fourth-order valence-electron chi connectivity index (χ4n) is 1.16. The van der Waals surface area contributed by atoms with Crippen LogP contribution in [0.4, 0.5) is 5.69 Å². The molecule has 1 aromatic carbocycles. The highest BCUT2D eigenvalue weighted by Gasteiger charge is 2.15. The van der Waals surface area contributed by atoms with Gasteiger partial charge in [0.2, 0.25) is 5.91 Å². The predicted octanol–water partition coefficient (Wildman–Crippen LogP) is 1.84. The van der Waals surface area contributed by atoms with E-state index in [0.717, 1.165) is 10.6 Å². The molecule has 0 heterocycles. The molecule has 0 aromatic heterocycles. The molecule has 0 saturated carbocycles. The van der Waals surface area contributed by atoms with E-state index >= 15 is 0 Å². The number of hydrogen-bond acceptors (Lipinski definition) is 3. The summed E-state index contributed by atoms with van der Waals surface area (Å²) < 4.78 is 0. The first-order chi connectivity index (χ1) is 7.00. The Balaban J connectivity index is 2.62. The lowest BCUT2D eigenvalue weighted by molar-refractivity contribution is -0.127. The molecule has 82 valence electrons. The summed E-state index contributed by atoms with van der Waals surface area (Å²) in [7, 11) is 3.53. The first kappa shape index (κ1) is 11.9. The van der Waals surface area contributed by atoms with Gasteiger partial charge in [-0.3, -0.25) is 4.79 Å². The number of thioether (sulfide) groups is 1. The molecule has 2 N–H and O–H groups in total. The third-order valence-corrected chi connectivity index (χ3v) is 3.08. The first-order valence-corrected chi connectivity index (χ1v) is 5.62. The molecule has 0 aliphatic heterocycles. The van der Waals surface area contributed by atoms with Crippen molar-refractivity contribution in [2.24, 2.45) is 0 Å². The number of carbonyl (C=O) groups excluding carboxylic acids is 1. The van der Waals surface area contributed by atoms with Gasteiger partial charge in [-0.25, -0.2) is 0 Å². The van der Waals surface area contributed by atoms with Crippen LogP contribution in [0.1, 0.15) is 6.92 Å². The zero-order valence-corrected chi connectivity index (χ0v) is 10.0. The maximum Gasteiger partial charge on any atom is 0.235 e. The second kappa shape index (κ2) is 5.07. The van der Waals surface area contributed by atoms with Crippen LogP contribution in [0, 0.1) is 0 Å². The van der Waals surface area contributed by atoms with Crippen molar-refractivity contribution < 1.29 is 4.79 Å². The molecule has 15 heavy (non-hydrogen) atoms. The molecule has 1 unspecified atom stereocenters. The second-order valence-corrected chi connectivity index (χ2v) is 4.98. The van der Waals surface area contributed by atoms with E-state index in [9.17, 15) is 4.79 Å². The van der Waals surface area contributed by atoms with Gasteiger partial charge in [0.1, 0.15) is 0 Å². The lowest BCUT2D eigenvalue weighted by atomic mass is 10.3. The van der Waals surface area contributed by atoms with Gasteiger partial charge in [0.05, 0.1) is 5.25 Å². The van der Waals surface area contributed by atoms with Gasteiger partial charge in [0.15, 0.2) is 0 Å². The molecule has 0 aliphatic carbocycles. The minimum absolute atomic E-state index is 0.0661. The number of nitrogens with two attached hydrogens (primary N) is 1. The number of nitrogen functional groups attached to an aromatic ring is 1. The quantitative estimate of drug-likeness (QED) is 0.629. The van der Waals surface area contributed by atoms with E-state index < -0.39 is 0 Å². The Bertz CT molecular complexity index is 335. The fourth-order valence-corrected chi connectivity index (χ4v) is 2.18. The van der Waals surface area contributed by atoms with E-state index in [-0.39, 0.29) is 11.2 Å². The number of nitrogens with zero attached hydrogens (tertiary/aromatic N) is 1. The Morgan fingerprint density at radius 3 is 2.33 bits per heavy atom. The summed E-state index contributed by atoms with van der Waals surface area (Å²) in [4.78, 5) is 14.3. The van der Waals surface area contributed by atoms with Gasteiger partial charge < -0.3 is 10.6 Å². The molecule has 0 bridgehead atoms. The molecule has 0 fully saturated rings.